The molecule has 0 radical (unpaired) electrons. The molecule has 1 unspecified atom stereocenters. The van der Waals surface area contributed by atoms with Gasteiger partial charge in [0, 0.05) is 19.3 Å². The maximum Gasteiger partial charge on any atom is 0.306 e. The highest BCUT2D eigenvalue weighted by atomic mass is 16.6. The minimum atomic E-state index is -0.788. The smallest absolute Gasteiger partial charge is 0.306 e. The molecule has 6 heteroatoms. The van der Waals surface area contributed by atoms with E-state index in [1.807, 2.05) is 0 Å². The number of ether oxygens (including phenoxy) is 3. The van der Waals surface area contributed by atoms with Gasteiger partial charge in [-0.2, -0.15) is 0 Å². The highest BCUT2D eigenvalue weighted by Gasteiger charge is 2.19. The molecule has 0 saturated heterocycles. The summed E-state index contributed by atoms with van der Waals surface area (Å²) in [7, 11) is 0. The third-order valence-electron chi connectivity index (χ3n) is 10.1. The van der Waals surface area contributed by atoms with Crippen molar-refractivity contribution < 1.29 is 28.6 Å². The van der Waals surface area contributed by atoms with Gasteiger partial charge in [0.1, 0.15) is 13.2 Å². The molecule has 0 spiro atoms. The fraction of sp³-hybridized carbons (Fsp3) is 0.717. The summed E-state index contributed by atoms with van der Waals surface area (Å²) in [6.07, 6.45) is 58.8. The maximum absolute atomic E-state index is 12.7. The van der Waals surface area contributed by atoms with Crippen LogP contribution in [0, 0.1) is 0 Å². The zero-order valence-electron chi connectivity index (χ0n) is 38.5. The fourth-order valence-corrected chi connectivity index (χ4v) is 6.47. The second-order valence-corrected chi connectivity index (χ2v) is 16.0. The molecule has 0 bridgehead atoms. The number of unbranched alkanes of at least 4 members (excludes halogenated alkanes) is 20. The molecule has 0 saturated carbocycles. The van der Waals surface area contributed by atoms with E-state index in [1.165, 1.54) is 64.2 Å². The Hall–Kier alpha value is -3.15. The van der Waals surface area contributed by atoms with E-state index in [2.05, 4.69) is 93.7 Å². The highest BCUT2D eigenvalue weighted by Crippen LogP contribution is 2.13. The number of carbonyl (C=O) groups is 3. The lowest BCUT2D eigenvalue weighted by Crippen LogP contribution is -2.30. The van der Waals surface area contributed by atoms with Crippen LogP contribution in [0.2, 0.25) is 0 Å². The van der Waals surface area contributed by atoms with Crippen LogP contribution in [0.5, 0.6) is 0 Å². The van der Waals surface area contributed by atoms with Gasteiger partial charge in [-0.15, -0.1) is 0 Å². The molecule has 6 nitrogen and oxygen atoms in total. The molecule has 0 aromatic rings. The Morgan fingerprint density at radius 3 is 1.12 bits per heavy atom. The Kier molecular flexibility index (Phi) is 45.0. The number of carbonyl (C=O) groups excluding carboxylic acids is 3. The lowest BCUT2D eigenvalue weighted by molar-refractivity contribution is -0.167. The second kappa shape index (κ2) is 47.5. The zero-order chi connectivity index (χ0) is 43.0. The van der Waals surface area contributed by atoms with Crippen molar-refractivity contribution in [1.29, 1.82) is 0 Å². The van der Waals surface area contributed by atoms with Crippen molar-refractivity contribution in [3.05, 3.63) is 72.9 Å². The molecule has 1 atom stereocenters. The average molecular weight is 823 g/mol. The molecular weight excluding hydrogens is 733 g/mol. The van der Waals surface area contributed by atoms with Crippen LogP contribution in [0.25, 0.3) is 0 Å². The Morgan fingerprint density at radius 1 is 0.356 bits per heavy atom. The fourth-order valence-electron chi connectivity index (χ4n) is 6.47. The van der Waals surface area contributed by atoms with Crippen molar-refractivity contribution in [2.45, 2.75) is 232 Å². The summed E-state index contributed by atoms with van der Waals surface area (Å²) in [5.74, 6) is -0.925. The SMILES string of the molecule is CC/C=C\C/C=C\C/C=C\CCCCCCCCCC(=O)OCC(COC(=O)CCCCCCC/C=C\CCCC)OC(=O)CCCCCCC/C=C\C/C=C\CCC. The van der Waals surface area contributed by atoms with Crippen LogP contribution in [0.3, 0.4) is 0 Å². The van der Waals surface area contributed by atoms with E-state index in [0.717, 1.165) is 122 Å². The summed E-state index contributed by atoms with van der Waals surface area (Å²) >= 11 is 0. The lowest BCUT2D eigenvalue weighted by atomic mass is 10.1. The van der Waals surface area contributed by atoms with Crippen molar-refractivity contribution >= 4 is 17.9 Å². The summed E-state index contributed by atoms with van der Waals surface area (Å²) < 4.78 is 16.7. The predicted octanol–water partition coefficient (Wildman–Crippen LogP) is 15.9. The first-order valence-electron chi connectivity index (χ1n) is 24.4. The summed E-state index contributed by atoms with van der Waals surface area (Å²) in [6.45, 7) is 6.39. The quantitative estimate of drug-likeness (QED) is 0.0264. The van der Waals surface area contributed by atoms with E-state index in [0.29, 0.717) is 19.3 Å². The first kappa shape index (κ1) is 55.9. The van der Waals surface area contributed by atoms with Crippen LogP contribution < -0.4 is 0 Å². The van der Waals surface area contributed by atoms with Crippen LogP contribution in [-0.4, -0.2) is 37.2 Å². The molecular formula is C53H90O6. The van der Waals surface area contributed by atoms with Crippen LogP contribution in [-0.2, 0) is 28.6 Å². The predicted molar refractivity (Wildman–Crippen MR) is 251 cm³/mol. The first-order valence-corrected chi connectivity index (χ1v) is 24.4. The van der Waals surface area contributed by atoms with Gasteiger partial charge >= 0.3 is 17.9 Å². The first-order chi connectivity index (χ1) is 29.0. The molecule has 0 rings (SSSR count). The topological polar surface area (TPSA) is 78.9 Å². The highest BCUT2D eigenvalue weighted by molar-refractivity contribution is 5.71. The van der Waals surface area contributed by atoms with E-state index in [4.69, 9.17) is 14.2 Å². The van der Waals surface area contributed by atoms with Crippen LogP contribution in [0.4, 0.5) is 0 Å². The van der Waals surface area contributed by atoms with E-state index in [-0.39, 0.29) is 31.1 Å². The molecule has 0 heterocycles. The van der Waals surface area contributed by atoms with Crippen molar-refractivity contribution in [1.82, 2.24) is 0 Å². The Balaban J connectivity index is 4.40. The van der Waals surface area contributed by atoms with Gasteiger partial charge in [0.05, 0.1) is 0 Å². The number of hydrogen-bond acceptors (Lipinski definition) is 6. The van der Waals surface area contributed by atoms with Gasteiger partial charge in [-0.3, -0.25) is 14.4 Å². The molecule has 0 aliphatic rings. The Labute approximate surface area is 363 Å². The molecule has 59 heavy (non-hydrogen) atoms. The van der Waals surface area contributed by atoms with Crippen LogP contribution in [0.15, 0.2) is 72.9 Å². The van der Waals surface area contributed by atoms with E-state index >= 15 is 0 Å². The monoisotopic (exact) mass is 823 g/mol. The van der Waals surface area contributed by atoms with Crippen molar-refractivity contribution in [2.75, 3.05) is 13.2 Å². The van der Waals surface area contributed by atoms with Gasteiger partial charge in [0.25, 0.3) is 0 Å². The number of allylic oxidation sites excluding steroid dienone is 12. The summed E-state index contributed by atoms with van der Waals surface area (Å²) in [6, 6.07) is 0. The molecule has 0 aliphatic heterocycles. The second-order valence-electron chi connectivity index (χ2n) is 16.0. The number of hydrogen-bond donors (Lipinski definition) is 0. The van der Waals surface area contributed by atoms with Gasteiger partial charge in [-0.1, -0.05) is 184 Å². The normalized spacial score (nSPS) is 12.7. The largest absolute Gasteiger partial charge is 0.462 e. The van der Waals surface area contributed by atoms with Crippen molar-refractivity contribution in [3.63, 3.8) is 0 Å². The standard InChI is InChI=1S/C53H90O6/c1-4-7-10-13-16-19-22-24-25-26-27-29-31-34-37-40-43-46-52(55)58-49-50(48-57-51(54)45-42-39-36-33-30-21-18-15-12-9-6-3)59-53(56)47-44-41-38-35-32-28-23-20-17-14-11-8-5-2/h7,10-11,14-16,18-20,23-25,50H,4-6,8-9,12-13,17,21-22,26-49H2,1-3H3/b10-7-,14-11-,18-15-,19-16-,23-20-,25-24-. The number of rotatable bonds is 43. The number of esters is 3. The summed E-state index contributed by atoms with van der Waals surface area (Å²) in [5, 5.41) is 0. The third-order valence-corrected chi connectivity index (χ3v) is 10.1. The molecule has 0 aromatic carbocycles. The van der Waals surface area contributed by atoms with Gasteiger partial charge in [-0.25, -0.2) is 0 Å². The third kappa shape index (κ3) is 45.8. The maximum atomic E-state index is 12.7. The lowest BCUT2D eigenvalue weighted by Gasteiger charge is -2.18. The van der Waals surface area contributed by atoms with Gasteiger partial charge in [0.2, 0.25) is 0 Å². The van der Waals surface area contributed by atoms with Crippen molar-refractivity contribution in [3.8, 4) is 0 Å². The Morgan fingerprint density at radius 2 is 0.695 bits per heavy atom. The average Bonchev–Trinajstić information content (AvgIpc) is 3.23. The van der Waals surface area contributed by atoms with E-state index in [9.17, 15) is 14.4 Å². The molecule has 0 N–H and O–H groups in total. The van der Waals surface area contributed by atoms with E-state index in [1.54, 1.807) is 0 Å². The minimum absolute atomic E-state index is 0.0894. The summed E-state index contributed by atoms with van der Waals surface area (Å²) in [4.78, 5) is 37.8. The summed E-state index contributed by atoms with van der Waals surface area (Å²) in [5.41, 5.74) is 0. The molecule has 0 amide bonds. The van der Waals surface area contributed by atoms with Gasteiger partial charge in [0.15, 0.2) is 6.10 Å². The minimum Gasteiger partial charge on any atom is -0.462 e. The van der Waals surface area contributed by atoms with Crippen molar-refractivity contribution in [2.24, 2.45) is 0 Å². The molecule has 0 aliphatic carbocycles. The van der Waals surface area contributed by atoms with Crippen LogP contribution in [0.1, 0.15) is 226 Å². The van der Waals surface area contributed by atoms with Gasteiger partial charge < -0.3 is 14.2 Å². The molecule has 338 valence electrons. The molecule has 0 aromatic heterocycles. The van der Waals surface area contributed by atoms with Crippen LogP contribution >= 0.6 is 0 Å². The van der Waals surface area contributed by atoms with E-state index < -0.39 is 6.10 Å². The molecule has 0 fully saturated rings. The Bertz CT molecular complexity index is 1130. The van der Waals surface area contributed by atoms with Gasteiger partial charge in [-0.05, 0) is 96.3 Å². The zero-order valence-corrected chi connectivity index (χ0v) is 38.5.